The van der Waals surface area contributed by atoms with E-state index in [9.17, 15) is 0 Å². The summed E-state index contributed by atoms with van der Waals surface area (Å²) in [6, 6.07) is 18.2. The van der Waals surface area contributed by atoms with Crippen molar-refractivity contribution in [3.63, 3.8) is 0 Å². The summed E-state index contributed by atoms with van der Waals surface area (Å²) in [6.45, 7) is 9.09. The minimum Gasteiger partial charge on any atom is -0.252 e. The fourth-order valence-electron chi connectivity index (χ4n) is 12.2. The zero-order chi connectivity index (χ0) is 56.3. The van der Waals surface area contributed by atoms with Gasteiger partial charge in [-0.1, -0.05) is 385 Å². The Morgan fingerprint density at radius 3 is 0.650 bits per heavy atom. The second-order valence-corrected chi connectivity index (χ2v) is 25.6. The quantitative estimate of drug-likeness (QED) is 0.0358. The molecule has 0 atom stereocenters. The molecule has 3 heteroatoms. The monoisotopic (exact) mass is 1150 g/mol. The Bertz CT molecular complexity index is 1580. The molecule has 80 heavy (non-hydrogen) atoms. The van der Waals surface area contributed by atoms with Gasteiger partial charge in [0.25, 0.3) is 0 Å². The normalized spacial score (nSPS) is 12.0. The van der Waals surface area contributed by atoms with Crippen molar-refractivity contribution >= 4 is 22.8 Å². The Balaban J connectivity index is 0.0000320. The Hall–Kier alpha value is -1.73. The SMILES string of the molecule is CCCCCCCCCCCCCCCCCCCCCCCCCCCCc1ccc(/N=C(C)/C(CCCCCC)=N/c2ccc(CCCCCCCCCCCCCCCCCCCCCCCCCCCC)cc2)cc1.[Ni]. The zero-order valence-electron chi connectivity index (χ0n) is 54.5. The fourth-order valence-corrected chi connectivity index (χ4v) is 12.2. The van der Waals surface area contributed by atoms with Crippen LogP contribution in [0.3, 0.4) is 0 Å². The molecule has 0 aliphatic rings. The van der Waals surface area contributed by atoms with Gasteiger partial charge in [0, 0.05) is 16.5 Å². The summed E-state index contributed by atoms with van der Waals surface area (Å²) < 4.78 is 0. The number of nitrogens with zero attached hydrogens (tertiary/aromatic N) is 2. The summed E-state index contributed by atoms with van der Waals surface area (Å²) in [7, 11) is 0. The molecule has 0 aliphatic heterocycles. The van der Waals surface area contributed by atoms with Gasteiger partial charge in [-0.15, -0.1) is 0 Å². The molecule has 0 unspecified atom stereocenters. The number of aryl methyl sites for hydroxylation is 2. The maximum Gasteiger partial charge on any atom is 0.0633 e. The number of hydrogen-bond acceptors (Lipinski definition) is 2. The molecule has 0 saturated heterocycles. The van der Waals surface area contributed by atoms with E-state index in [1.165, 1.54) is 384 Å². The molecule has 0 N–H and O–H groups in total. The van der Waals surface area contributed by atoms with E-state index in [4.69, 9.17) is 9.98 Å². The first-order valence-corrected chi connectivity index (χ1v) is 36.5. The molecular weight excluding hydrogens is 1010 g/mol. The van der Waals surface area contributed by atoms with Gasteiger partial charge in [-0.05, 0) is 80.8 Å². The maximum atomic E-state index is 5.22. The van der Waals surface area contributed by atoms with E-state index in [1.54, 1.807) is 0 Å². The summed E-state index contributed by atoms with van der Waals surface area (Å²) in [6.07, 6.45) is 83.6. The molecule has 466 valence electrons. The van der Waals surface area contributed by atoms with Crippen molar-refractivity contribution in [2.24, 2.45) is 9.98 Å². The Kier molecular flexibility index (Phi) is 59.0. The first-order valence-electron chi connectivity index (χ1n) is 36.5. The molecule has 0 saturated carbocycles. The van der Waals surface area contributed by atoms with Crippen molar-refractivity contribution in [3.05, 3.63) is 59.7 Å². The van der Waals surface area contributed by atoms with Crippen LogP contribution in [0.5, 0.6) is 0 Å². The van der Waals surface area contributed by atoms with Crippen molar-refractivity contribution < 1.29 is 16.5 Å². The van der Waals surface area contributed by atoms with Gasteiger partial charge in [0.1, 0.15) is 0 Å². The largest absolute Gasteiger partial charge is 0.252 e. The van der Waals surface area contributed by atoms with E-state index < -0.39 is 0 Å². The van der Waals surface area contributed by atoms with Crippen LogP contribution in [0.4, 0.5) is 11.4 Å². The van der Waals surface area contributed by atoms with Crippen LogP contribution < -0.4 is 0 Å². The smallest absolute Gasteiger partial charge is 0.0633 e. The van der Waals surface area contributed by atoms with Crippen molar-refractivity contribution in [3.8, 4) is 0 Å². The number of hydrogen-bond donors (Lipinski definition) is 0. The van der Waals surface area contributed by atoms with Gasteiger partial charge in [0.05, 0.1) is 22.8 Å². The van der Waals surface area contributed by atoms with Gasteiger partial charge >= 0.3 is 0 Å². The van der Waals surface area contributed by atoms with E-state index in [0.717, 1.165) is 29.2 Å². The molecule has 0 amide bonds. The summed E-state index contributed by atoms with van der Waals surface area (Å²) >= 11 is 0. The maximum absolute atomic E-state index is 5.22. The third-order valence-corrected chi connectivity index (χ3v) is 17.8. The van der Waals surface area contributed by atoms with Gasteiger partial charge in [-0.25, -0.2) is 0 Å². The number of aliphatic imine (C=N–C) groups is 2. The standard InChI is InChI=1S/C77H138N2.Ni/c1-5-8-11-14-16-18-20-22-24-26-28-30-32-34-36-38-40-42-44-46-48-50-52-54-56-58-61-73-64-68-75(69-65-73)78-72(4)77(63-60-13-10-7-3)79-76-70-66-74(67-71-76)62-59-57-55-53-51-49-47-45-43-41-39-37-35-33-31-29-27-25-23-21-19-17-15-12-9-6-2;/h64-71H,5-63H2,1-4H3;/b78-72+,79-77+;. The molecule has 2 nitrogen and oxygen atoms in total. The van der Waals surface area contributed by atoms with Gasteiger partial charge in [0.15, 0.2) is 0 Å². The minimum atomic E-state index is 0. The molecule has 0 radical (unpaired) electrons. The second-order valence-electron chi connectivity index (χ2n) is 25.6. The van der Waals surface area contributed by atoms with Crippen LogP contribution in [0.2, 0.25) is 0 Å². The van der Waals surface area contributed by atoms with Crippen LogP contribution in [-0.2, 0) is 29.3 Å². The first kappa shape index (κ1) is 76.3. The predicted octanol–water partition coefficient (Wildman–Crippen LogP) is 27.9. The summed E-state index contributed by atoms with van der Waals surface area (Å²) in [5, 5.41) is 0. The van der Waals surface area contributed by atoms with Crippen LogP contribution in [0, 0.1) is 0 Å². The predicted molar refractivity (Wildman–Crippen MR) is 360 cm³/mol. The van der Waals surface area contributed by atoms with Crippen molar-refractivity contribution in [2.75, 3.05) is 0 Å². The van der Waals surface area contributed by atoms with Crippen LogP contribution in [-0.4, -0.2) is 11.4 Å². The molecular formula is C77H138N2Ni. The first-order chi connectivity index (χ1) is 39.2. The molecule has 2 aromatic rings. The number of benzene rings is 2. The van der Waals surface area contributed by atoms with E-state index in [2.05, 4.69) is 76.2 Å². The molecule has 0 aromatic heterocycles. The number of unbranched alkanes of at least 4 members (excludes halogenated alkanes) is 53. The van der Waals surface area contributed by atoms with Crippen molar-refractivity contribution in [1.29, 1.82) is 0 Å². The van der Waals surface area contributed by atoms with Gasteiger partial charge in [-0.3, -0.25) is 9.98 Å². The minimum absolute atomic E-state index is 0. The van der Waals surface area contributed by atoms with E-state index >= 15 is 0 Å². The average Bonchev–Trinajstić information content (AvgIpc) is 3.46. The van der Waals surface area contributed by atoms with Crippen LogP contribution in [0.1, 0.15) is 405 Å². The van der Waals surface area contributed by atoms with Gasteiger partial charge in [-0.2, -0.15) is 0 Å². The molecule has 2 aromatic carbocycles. The fraction of sp³-hybridized carbons (Fsp3) is 0.818. The Labute approximate surface area is 512 Å². The molecule has 0 bridgehead atoms. The van der Waals surface area contributed by atoms with Crippen LogP contribution >= 0.6 is 0 Å². The van der Waals surface area contributed by atoms with Crippen molar-refractivity contribution in [2.45, 2.75) is 407 Å². The van der Waals surface area contributed by atoms with Crippen LogP contribution in [0.25, 0.3) is 0 Å². The zero-order valence-corrected chi connectivity index (χ0v) is 55.5. The van der Waals surface area contributed by atoms with E-state index in [-0.39, 0.29) is 16.5 Å². The molecule has 0 spiro atoms. The van der Waals surface area contributed by atoms with E-state index in [1.807, 2.05) is 0 Å². The van der Waals surface area contributed by atoms with E-state index in [0.29, 0.717) is 0 Å². The summed E-state index contributed by atoms with van der Waals surface area (Å²) in [5.41, 5.74) is 7.24. The summed E-state index contributed by atoms with van der Waals surface area (Å²) in [5.74, 6) is 0. The second kappa shape index (κ2) is 61.8. The number of rotatable bonds is 62. The van der Waals surface area contributed by atoms with Crippen molar-refractivity contribution in [1.82, 2.24) is 0 Å². The third kappa shape index (κ3) is 50.8. The van der Waals surface area contributed by atoms with Crippen LogP contribution in [0.15, 0.2) is 58.5 Å². The summed E-state index contributed by atoms with van der Waals surface area (Å²) in [4.78, 5) is 10.3. The molecule has 0 aliphatic carbocycles. The Morgan fingerprint density at radius 2 is 0.425 bits per heavy atom. The Morgan fingerprint density at radius 1 is 0.237 bits per heavy atom. The average molecular weight is 1150 g/mol. The van der Waals surface area contributed by atoms with Gasteiger partial charge < -0.3 is 0 Å². The molecule has 0 fully saturated rings. The molecule has 0 heterocycles. The topological polar surface area (TPSA) is 24.7 Å². The third-order valence-electron chi connectivity index (χ3n) is 17.8. The van der Waals surface area contributed by atoms with Gasteiger partial charge in [0.2, 0.25) is 0 Å². The molecule has 2 rings (SSSR count).